The van der Waals surface area contributed by atoms with Gasteiger partial charge in [0.25, 0.3) is 0 Å². The van der Waals surface area contributed by atoms with Gasteiger partial charge in [-0.15, -0.1) is 0 Å². The summed E-state index contributed by atoms with van der Waals surface area (Å²) in [4.78, 5) is 38.0. The van der Waals surface area contributed by atoms with E-state index in [0.717, 1.165) is 109 Å². The summed E-state index contributed by atoms with van der Waals surface area (Å²) in [6, 6.07) is 0. The summed E-state index contributed by atoms with van der Waals surface area (Å²) in [6.45, 7) is 6.38. The Balaban J connectivity index is 4.57. The van der Waals surface area contributed by atoms with E-state index in [1.807, 2.05) is 0 Å². The average molecular weight is 927 g/mol. The maximum atomic E-state index is 12.8. The van der Waals surface area contributed by atoms with Gasteiger partial charge in [-0.3, -0.25) is 14.4 Å². The number of unbranched alkanes of at least 4 members (excludes halogenated alkanes) is 16. The van der Waals surface area contributed by atoms with E-state index in [0.29, 0.717) is 19.3 Å². The zero-order valence-electron chi connectivity index (χ0n) is 43.1. The number of esters is 3. The SMILES string of the molecule is CC/C=C\C/C=C\C/C=C\C/C=C\C/C=C\CCCCCC(=O)O[C@H](COC(=O)CCC/C=C\C/C=C\C/C=C\C/C=C\CCCCC)COC(=O)CCCCCCC/C=C\CCCCCC. The lowest BCUT2D eigenvalue weighted by Crippen LogP contribution is -2.30. The van der Waals surface area contributed by atoms with Gasteiger partial charge in [0, 0.05) is 19.3 Å². The van der Waals surface area contributed by atoms with Crippen molar-refractivity contribution in [3.8, 4) is 0 Å². The molecule has 0 aromatic rings. The van der Waals surface area contributed by atoms with Crippen LogP contribution >= 0.6 is 0 Å². The van der Waals surface area contributed by atoms with Crippen LogP contribution in [0.2, 0.25) is 0 Å². The zero-order chi connectivity index (χ0) is 48.6. The topological polar surface area (TPSA) is 78.9 Å². The number of hydrogen-bond donors (Lipinski definition) is 0. The Hall–Kier alpha value is -4.19. The second kappa shape index (κ2) is 54.4. The standard InChI is InChI=1S/C61H98O6/c1-4-7-10-13-16-19-22-25-27-29-30-32-34-37-40-43-46-49-52-55-61(64)67-58(56-65-59(62)53-50-47-44-41-38-35-24-21-18-15-12-9-6-3)57-66-60(63)54-51-48-45-42-39-36-33-31-28-26-23-20-17-14-11-8-5-2/h7,10,16-17,19-21,24-28,30,32-33,36-37,40,42,45,58H,4-6,8-9,11-15,18,22-23,29,31,34-35,38-39,41,43-44,46-57H2,1-3H3/b10-7-,19-16-,20-17-,24-21-,27-25-,28-26-,32-30-,36-33-,40-37-,45-42-/t58-/m0/s1. The molecule has 0 fully saturated rings. The predicted molar refractivity (Wildman–Crippen MR) is 288 cm³/mol. The van der Waals surface area contributed by atoms with Crippen molar-refractivity contribution in [2.24, 2.45) is 0 Å². The van der Waals surface area contributed by atoms with Crippen molar-refractivity contribution in [1.82, 2.24) is 0 Å². The molecule has 6 nitrogen and oxygen atoms in total. The summed E-state index contributed by atoms with van der Waals surface area (Å²) in [5.74, 6) is -1.02. The Morgan fingerprint density at radius 1 is 0.313 bits per heavy atom. The van der Waals surface area contributed by atoms with E-state index in [2.05, 4.69) is 142 Å². The second-order valence-electron chi connectivity index (χ2n) is 17.4. The Morgan fingerprint density at radius 2 is 0.597 bits per heavy atom. The molecule has 0 saturated carbocycles. The van der Waals surface area contributed by atoms with Gasteiger partial charge < -0.3 is 14.2 Å². The number of carbonyl (C=O) groups excluding carboxylic acids is 3. The van der Waals surface area contributed by atoms with Crippen LogP contribution in [0.4, 0.5) is 0 Å². The molecule has 0 rings (SSSR count). The van der Waals surface area contributed by atoms with Crippen molar-refractivity contribution in [3.05, 3.63) is 122 Å². The molecular formula is C61H98O6. The highest BCUT2D eigenvalue weighted by molar-refractivity contribution is 5.71. The van der Waals surface area contributed by atoms with Crippen LogP contribution in [0.3, 0.4) is 0 Å². The molecule has 0 aliphatic rings. The first kappa shape index (κ1) is 62.8. The third-order valence-corrected chi connectivity index (χ3v) is 10.9. The molecule has 0 aromatic heterocycles. The van der Waals surface area contributed by atoms with Gasteiger partial charge in [0.15, 0.2) is 6.10 Å². The van der Waals surface area contributed by atoms with Crippen LogP contribution in [0.1, 0.15) is 226 Å². The van der Waals surface area contributed by atoms with Crippen molar-refractivity contribution in [1.29, 1.82) is 0 Å². The van der Waals surface area contributed by atoms with Gasteiger partial charge in [-0.1, -0.05) is 200 Å². The minimum absolute atomic E-state index is 0.116. The van der Waals surface area contributed by atoms with Crippen LogP contribution in [0.5, 0.6) is 0 Å². The van der Waals surface area contributed by atoms with Gasteiger partial charge in [0.1, 0.15) is 13.2 Å². The summed E-state index contributed by atoms with van der Waals surface area (Å²) >= 11 is 0. The fourth-order valence-electron chi connectivity index (χ4n) is 6.87. The molecule has 0 amide bonds. The van der Waals surface area contributed by atoms with Crippen LogP contribution in [-0.2, 0) is 28.6 Å². The molecule has 0 radical (unpaired) electrons. The summed E-state index contributed by atoms with van der Waals surface area (Å²) in [5.41, 5.74) is 0. The summed E-state index contributed by atoms with van der Waals surface area (Å²) < 4.78 is 16.7. The minimum Gasteiger partial charge on any atom is -0.462 e. The molecular weight excluding hydrogens is 829 g/mol. The van der Waals surface area contributed by atoms with Gasteiger partial charge >= 0.3 is 17.9 Å². The van der Waals surface area contributed by atoms with E-state index in [1.54, 1.807) is 0 Å². The maximum absolute atomic E-state index is 12.8. The van der Waals surface area contributed by atoms with Crippen molar-refractivity contribution in [2.75, 3.05) is 13.2 Å². The van der Waals surface area contributed by atoms with E-state index < -0.39 is 6.10 Å². The first-order valence-corrected chi connectivity index (χ1v) is 27.0. The molecule has 0 aliphatic heterocycles. The fourth-order valence-corrected chi connectivity index (χ4v) is 6.87. The first-order chi connectivity index (χ1) is 33.0. The second-order valence-corrected chi connectivity index (χ2v) is 17.4. The molecule has 6 heteroatoms. The molecule has 378 valence electrons. The van der Waals surface area contributed by atoms with Gasteiger partial charge in [0.2, 0.25) is 0 Å². The molecule has 0 spiro atoms. The van der Waals surface area contributed by atoms with Crippen molar-refractivity contribution in [2.45, 2.75) is 232 Å². The van der Waals surface area contributed by atoms with E-state index in [-0.39, 0.29) is 44.0 Å². The monoisotopic (exact) mass is 927 g/mol. The highest BCUT2D eigenvalue weighted by atomic mass is 16.6. The lowest BCUT2D eigenvalue weighted by molar-refractivity contribution is -0.167. The number of carbonyl (C=O) groups is 3. The lowest BCUT2D eigenvalue weighted by Gasteiger charge is -2.18. The van der Waals surface area contributed by atoms with Crippen LogP contribution in [0, 0.1) is 0 Å². The molecule has 0 heterocycles. The largest absolute Gasteiger partial charge is 0.462 e. The van der Waals surface area contributed by atoms with Crippen LogP contribution < -0.4 is 0 Å². The Kier molecular flexibility index (Phi) is 51.0. The fraction of sp³-hybridized carbons (Fsp3) is 0.623. The van der Waals surface area contributed by atoms with Crippen LogP contribution in [0.25, 0.3) is 0 Å². The van der Waals surface area contributed by atoms with E-state index in [4.69, 9.17) is 14.2 Å². The Labute approximate surface area is 412 Å². The number of hydrogen-bond acceptors (Lipinski definition) is 6. The molecule has 0 unspecified atom stereocenters. The normalized spacial score (nSPS) is 13.1. The molecule has 1 atom stereocenters. The van der Waals surface area contributed by atoms with Crippen molar-refractivity contribution in [3.63, 3.8) is 0 Å². The van der Waals surface area contributed by atoms with Gasteiger partial charge in [-0.2, -0.15) is 0 Å². The number of ether oxygens (including phenoxy) is 3. The summed E-state index contributed by atoms with van der Waals surface area (Å²) in [5, 5.41) is 0. The number of rotatable bonds is 47. The molecule has 0 N–H and O–H groups in total. The lowest BCUT2D eigenvalue weighted by atomic mass is 10.1. The highest BCUT2D eigenvalue weighted by Gasteiger charge is 2.19. The molecule has 0 aromatic carbocycles. The van der Waals surface area contributed by atoms with Gasteiger partial charge in [0.05, 0.1) is 0 Å². The van der Waals surface area contributed by atoms with Crippen molar-refractivity contribution >= 4 is 17.9 Å². The molecule has 0 aliphatic carbocycles. The smallest absolute Gasteiger partial charge is 0.306 e. The molecule has 0 bridgehead atoms. The van der Waals surface area contributed by atoms with E-state index >= 15 is 0 Å². The Morgan fingerprint density at radius 3 is 1.03 bits per heavy atom. The van der Waals surface area contributed by atoms with Crippen molar-refractivity contribution < 1.29 is 28.6 Å². The van der Waals surface area contributed by atoms with Gasteiger partial charge in [-0.25, -0.2) is 0 Å². The summed E-state index contributed by atoms with van der Waals surface area (Å²) in [6.07, 6.45) is 74.7. The maximum Gasteiger partial charge on any atom is 0.306 e. The first-order valence-electron chi connectivity index (χ1n) is 27.0. The average Bonchev–Trinajstić information content (AvgIpc) is 3.33. The quantitative estimate of drug-likeness (QED) is 0.0262. The summed E-state index contributed by atoms with van der Waals surface area (Å²) in [7, 11) is 0. The van der Waals surface area contributed by atoms with Crippen LogP contribution in [-0.4, -0.2) is 37.2 Å². The molecule has 0 saturated heterocycles. The van der Waals surface area contributed by atoms with Gasteiger partial charge in [-0.05, 0) is 128 Å². The third-order valence-electron chi connectivity index (χ3n) is 10.9. The molecule has 67 heavy (non-hydrogen) atoms. The third kappa shape index (κ3) is 52.6. The number of allylic oxidation sites excluding steroid dienone is 20. The zero-order valence-corrected chi connectivity index (χ0v) is 43.1. The highest BCUT2D eigenvalue weighted by Crippen LogP contribution is 2.12. The Bertz CT molecular complexity index is 1440. The predicted octanol–water partition coefficient (Wildman–Crippen LogP) is 18.1. The van der Waals surface area contributed by atoms with Crippen LogP contribution in [0.15, 0.2) is 122 Å². The van der Waals surface area contributed by atoms with E-state index in [9.17, 15) is 14.4 Å². The van der Waals surface area contributed by atoms with E-state index in [1.165, 1.54) is 64.2 Å². The minimum atomic E-state index is -0.824.